The van der Waals surface area contributed by atoms with Gasteiger partial charge in [-0.15, -0.1) is 0 Å². The maximum Gasteiger partial charge on any atom is 0.339 e. The number of carboxylic acid groups (broad SMARTS) is 1. The number of carbonyl (C=O) groups is 1. The van der Waals surface area contributed by atoms with Crippen molar-refractivity contribution >= 4 is 5.97 Å². The number of rotatable bonds is 4. The van der Waals surface area contributed by atoms with Crippen LogP contribution in [-0.2, 0) is 6.61 Å². The molecule has 5 nitrogen and oxygen atoms in total. The molecular weight excluding hydrogens is 279 g/mol. The highest BCUT2D eigenvalue weighted by Crippen LogP contribution is 2.33. The molecule has 0 atom stereocenters. The van der Waals surface area contributed by atoms with Crippen LogP contribution in [0.5, 0.6) is 17.2 Å². The van der Waals surface area contributed by atoms with Gasteiger partial charge in [-0.25, -0.2) is 9.18 Å². The third-order valence-corrected chi connectivity index (χ3v) is 3.01. The van der Waals surface area contributed by atoms with Crippen molar-refractivity contribution in [3.63, 3.8) is 0 Å². The Kier molecular flexibility index (Phi) is 3.35. The van der Waals surface area contributed by atoms with E-state index in [1.807, 2.05) is 0 Å². The molecule has 0 aromatic heterocycles. The van der Waals surface area contributed by atoms with E-state index in [1.54, 1.807) is 18.2 Å². The molecule has 0 fully saturated rings. The summed E-state index contributed by atoms with van der Waals surface area (Å²) in [7, 11) is 0. The van der Waals surface area contributed by atoms with Gasteiger partial charge < -0.3 is 19.3 Å². The molecule has 0 saturated carbocycles. The van der Waals surface area contributed by atoms with Crippen LogP contribution in [0.25, 0.3) is 0 Å². The Morgan fingerprint density at radius 2 is 2.00 bits per heavy atom. The number of ether oxygens (including phenoxy) is 3. The van der Waals surface area contributed by atoms with Crippen LogP contribution in [0.15, 0.2) is 36.4 Å². The van der Waals surface area contributed by atoms with Crippen molar-refractivity contribution in [1.29, 1.82) is 0 Å². The average molecular weight is 290 g/mol. The van der Waals surface area contributed by atoms with Gasteiger partial charge in [0, 0.05) is 6.07 Å². The summed E-state index contributed by atoms with van der Waals surface area (Å²) in [6.45, 7) is 0.271. The van der Waals surface area contributed by atoms with Gasteiger partial charge in [0.15, 0.2) is 11.5 Å². The van der Waals surface area contributed by atoms with E-state index < -0.39 is 11.8 Å². The summed E-state index contributed by atoms with van der Waals surface area (Å²) in [5.74, 6) is -0.485. The Morgan fingerprint density at radius 3 is 2.81 bits per heavy atom. The third kappa shape index (κ3) is 2.74. The van der Waals surface area contributed by atoms with Crippen molar-refractivity contribution in [1.82, 2.24) is 0 Å². The molecule has 2 aromatic carbocycles. The zero-order chi connectivity index (χ0) is 14.8. The van der Waals surface area contributed by atoms with E-state index in [0.717, 1.165) is 17.7 Å². The van der Waals surface area contributed by atoms with Crippen LogP contribution in [0.1, 0.15) is 15.9 Å². The quantitative estimate of drug-likeness (QED) is 0.938. The normalized spacial score (nSPS) is 12.2. The van der Waals surface area contributed by atoms with Crippen LogP contribution in [0, 0.1) is 5.82 Å². The minimum absolute atomic E-state index is 0.0137. The highest BCUT2D eigenvalue weighted by atomic mass is 19.1. The first-order chi connectivity index (χ1) is 10.1. The van der Waals surface area contributed by atoms with E-state index in [9.17, 15) is 9.18 Å². The maximum absolute atomic E-state index is 13.2. The summed E-state index contributed by atoms with van der Waals surface area (Å²) in [4.78, 5) is 11.1. The van der Waals surface area contributed by atoms with Crippen LogP contribution in [0.2, 0.25) is 0 Å². The van der Waals surface area contributed by atoms with Gasteiger partial charge in [-0.1, -0.05) is 6.07 Å². The van der Waals surface area contributed by atoms with E-state index in [0.29, 0.717) is 11.5 Å². The zero-order valence-corrected chi connectivity index (χ0v) is 10.8. The molecule has 21 heavy (non-hydrogen) atoms. The summed E-state index contributed by atoms with van der Waals surface area (Å²) in [6, 6.07) is 8.56. The Hall–Kier alpha value is -2.76. The fourth-order valence-electron chi connectivity index (χ4n) is 1.98. The molecule has 6 heteroatoms. The molecule has 1 aliphatic heterocycles. The number of hydrogen-bond donors (Lipinski definition) is 1. The smallest absolute Gasteiger partial charge is 0.339 e. The Bertz CT molecular complexity index is 698. The van der Waals surface area contributed by atoms with Gasteiger partial charge >= 0.3 is 5.97 Å². The molecule has 0 radical (unpaired) electrons. The monoisotopic (exact) mass is 290 g/mol. The van der Waals surface area contributed by atoms with E-state index in [2.05, 4.69) is 0 Å². The SMILES string of the molecule is O=C(O)c1ccc(F)cc1OCc1ccc2c(c1)OCO2. The topological polar surface area (TPSA) is 65.0 Å². The fraction of sp³-hybridized carbons (Fsp3) is 0.133. The van der Waals surface area contributed by atoms with Crippen LogP contribution in [0.4, 0.5) is 4.39 Å². The first-order valence-corrected chi connectivity index (χ1v) is 6.17. The number of carboxylic acids is 1. The van der Waals surface area contributed by atoms with Crippen molar-refractivity contribution < 1.29 is 28.5 Å². The third-order valence-electron chi connectivity index (χ3n) is 3.01. The number of halogens is 1. The molecule has 1 N–H and O–H groups in total. The number of fused-ring (bicyclic) bond motifs is 1. The second-order valence-electron chi connectivity index (χ2n) is 4.42. The predicted octanol–water partition coefficient (Wildman–Crippen LogP) is 2.83. The highest BCUT2D eigenvalue weighted by molar-refractivity contribution is 5.90. The Balaban J connectivity index is 1.78. The minimum atomic E-state index is -1.17. The van der Waals surface area contributed by atoms with Crippen molar-refractivity contribution in [3.05, 3.63) is 53.3 Å². The largest absolute Gasteiger partial charge is 0.488 e. The van der Waals surface area contributed by atoms with Crippen LogP contribution >= 0.6 is 0 Å². The summed E-state index contributed by atoms with van der Waals surface area (Å²) >= 11 is 0. The zero-order valence-electron chi connectivity index (χ0n) is 10.8. The Labute approximate surface area is 119 Å². The molecule has 0 aliphatic carbocycles. The summed E-state index contributed by atoms with van der Waals surface area (Å²) in [5.41, 5.74) is 0.678. The molecule has 1 aliphatic rings. The second kappa shape index (κ2) is 5.32. The lowest BCUT2D eigenvalue weighted by molar-refractivity contribution is 0.0691. The number of hydrogen-bond acceptors (Lipinski definition) is 4. The van der Waals surface area contributed by atoms with E-state index >= 15 is 0 Å². The molecule has 0 bridgehead atoms. The fourth-order valence-corrected chi connectivity index (χ4v) is 1.98. The van der Waals surface area contributed by atoms with Gasteiger partial charge in [-0.3, -0.25) is 0 Å². The number of benzene rings is 2. The van der Waals surface area contributed by atoms with Crippen molar-refractivity contribution in [3.8, 4) is 17.2 Å². The van der Waals surface area contributed by atoms with Gasteiger partial charge in [0.05, 0.1) is 0 Å². The summed E-state index contributed by atoms with van der Waals surface area (Å²) in [5, 5.41) is 9.04. The van der Waals surface area contributed by atoms with Gasteiger partial charge in [0.25, 0.3) is 0 Å². The molecule has 2 aromatic rings. The molecule has 1 heterocycles. The van der Waals surface area contributed by atoms with Gasteiger partial charge in [0.1, 0.15) is 23.7 Å². The van der Waals surface area contributed by atoms with E-state index in [1.165, 1.54) is 6.07 Å². The van der Waals surface area contributed by atoms with E-state index in [-0.39, 0.29) is 24.7 Å². The molecule has 108 valence electrons. The molecule has 0 saturated heterocycles. The maximum atomic E-state index is 13.2. The lowest BCUT2D eigenvalue weighted by Gasteiger charge is -2.09. The molecule has 3 rings (SSSR count). The first-order valence-electron chi connectivity index (χ1n) is 6.17. The van der Waals surface area contributed by atoms with Crippen LogP contribution < -0.4 is 14.2 Å². The summed E-state index contributed by atoms with van der Waals surface area (Å²) < 4.78 is 29.0. The predicted molar refractivity (Wildman–Crippen MR) is 70.3 cm³/mol. The van der Waals surface area contributed by atoms with Crippen LogP contribution in [0.3, 0.4) is 0 Å². The lowest BCUT2D eigenvalue weighted by Crippen LogP contribution is -2.04. The molecular formula is C15H11FO5. The Morgan fingerprint density at radius 1 is 1.19 bits per heavy atom. The average Bonchev–Trinajstić information content (AvgIpc) is 2.92. The lowest BCUT2D eigenvalue weighted by atomic mass is 10.2. The van der Waals surface area contributed by atoms with Crippen molar-refractivity contribution in [2.75, 3.05) is 6.79 Å². The molecule has 0 amide bonds. The molecule has 0 spiro atoms. The second-order valence-corrected chi connectivity index (χ2v) is 4.42. The van der Waals surface area contributed by atoms with Crippen molar-refractivity contribution in [2.45, 2.75) is 6.61 Å². The van der Waals surface area contributed by atoms with Crippen molar-refractivity contribution in [2.24, 2.45) is 0 Å². The van der Waals surface area contributed by atoms with Crippen LogP contribution in [-0.4, -0.2) is 17.9 Å². The minimum Gasteiger partial charge on any atom is -0.488 e. The van der Waals surface area contributed by atoms with Gasteiger partial charge in [-0.2, -0.15) is 0 Å². The standard InChI is InChI=1S/C15H11FO5/c16-10-2-3-11(15(17)18)13(6-10)19-7-9-1-4-12-14(5-9)21-8-20-12/h1-6H,7-8H2,(H,17,18). The molecule has 0 unspecified atom stereocenters. The van der Waals surface area contributed by atoms with E-state index in [4.69, 9.17) is 19.3 Å². The van der Waals surface area contributed by atoms with Gasteiger partial charge in [-0.05, 0) is 29.8 Å². The highest BCUT2D eigenvalue weighted by Gasteiger charge is 2.15. The summed E-state index contributed by atoms with van der Waals surface area (Å²) in [6.07, 6.45) is 0. The van der Waals surface area contributed by atoms with Gasteiger partial charge in [0.2, 0.25) is 6.79 Å². The first kappa shape index (κ1) is 13.2. The number of aromatic carboxylic acids is 1.